The van der Waals surface area contributed by atoms with Crippen LogP contribution in [0.1, 0.15) is 31.9 Å². The third-order valence-electron chi connectivity index (χ3n) is 2.24. The number of benzene rings is 1. The molecule has 3 nitrogen and oxygen atoms in total. The van der Waals surface area contributed by atoms with Crippen molar-refractivity contribution in [1.82, 2.24) is 0 Å². The summed E-state index contributed by atoms with van der Waals surface area (Å²) < 4.78 is 10.5. The lowest BCUT2D eigenvalue weighted by Crippen LogP contribution is -2.04. The van der Waals surface area contributed by atoms with Gasteiger partial charge in [-0.15, -0.1) is 11.6 Å². The van der Waals surface area contributed by atoms with Crippen LogP contribution in [0.25, 0.3) is 0 Å². The molecule has 0 aliphatic rings. The van der Waals surface area contributed by atoms with Crippen LogP contribution >= 0.6 is 11.6 Å². The van der Waals surface area contributed by atoms with Crippen molar-refractivity contribution in [3.05, 3.63) is 29.8 Å². The van der Waals surface area contributed by atoms with Crippen LogP contribution in [0.4, 0.5) is 0 Å². The Bertz CT molecular complexity index is 348. The normalized spacial score (nSPS) is 11.9. The molecule has 1 aromatic rings. The zero-order valence-electron chi connectivity index (χ0n) is 10.1. The summed E-state index contributed by atoms with van der Waals surface area (Å²) in [6, 6.07) is 7.51. The molecule has 0 bridgehead atoms. The van der Waals surface area contributed by atoms with E-state index in [4.69, 9.17) is 21.1 Å². The standard InChI is InChI=1S/C13H17ClO3/c1-10(17-11(2)15)12-4-6-13(7-5-12)16-9-3-8-14/h4-7,10H,3,8-9H2,1-2H3. The third-order valence-corrected chi connectivity index (χ3v) is 2.51. The number of hydrogen-bond acceptors (Lipinski definition) is 3. The van der Waals surface area contributed by atoms with Crippen LogP contribution in [0.15, 0.2) is 24.3 Å². The molecule has 0 spiro atoms. The average Bonchev–Trinajstić information content (AvgIpc) is 2.29. The summed E-state index contributed by atoms with van der Waals surface area (Å²) in [6.07, 6.45) is 0.595. The Balaban J connectivity index is 2.52. The van der Waals surface area contributed by atoms with Crippen LogP contribution < -0.4 is 4.74 Å². The van der Waals surface area contributed by atoms with Crippen LogP contribution in [0, 0.1) is 0 Å². The summed E-state index contributed by atoms with van der Waals surface area (Å²) in [4.78, 5) is 10.8. The summed E-state index contributed by atoms with van der Waals surface area (Å²) in [5, 5.41) is 0. The highest BCUT2D eigenvalue weighted by molar-refractivity contribution is 6.17. The van der Waals surface area contributed by atoms with E-state index in [0.717, 1.165) is 17.7 Å². The summed E-state index contributed by atoms with van der Waals surface area (Å²) in [5.74, 6) is 1.12. The van der Waals surface area contributed by atoms with Gasteiger partial charge in [-0.1, -0.05) is 12.1 Å². The molecule has 0 fully saturated rings. The van der Waals surface area contributed by atoms with Gasteiger partial charge in [0.2, 0.25) is 0 Å². The molecule has 0 saturated carbocycles. The van der Waals surface area contributed by atoms with Gasteiger partial charge in [0.25, 0.3) is 0 Å². The van der Waals surface area contributed by atoms with Crippen molar-refractivity contribution in [3.8, 4) is 5.75 Å². The second-order valence-corrected chi connectivity index (χ2v) is 4.09. The zero-order chi connectivity index (χ0) is 12.7. The molecule has 0 N–H and O–H groups in total. The SMILES string of the molecule is CC(=O)OC(C)c1ccc(OCCCCl)cc1. The molecular formula is C13H17ClO3. The van der Waals surface area contributed by atoms with Gasteiger partial charge < -0.3 is 9.47 Å². The lowest BCUT2D eigenvalue weighted by Gasteiger charge is -2.12. The molecule has 0 aliphatic heterocycles. The minimum absolute atomic E-state index is 0.232. The van der Waals surface area contributed by atoms with E-state index >= 15 is 0 Å². The molecule has 1 unspecified atom stereocenters. The van der Waals surface area contributed by atoms with Crippen molar-refractivity contribution in [2.45, 2.75) is 26.4 Å². The van der Waals surface area contributed by atoms with Gasteiger partial charge in [-0.25, -0.2) is 0 Å². The predicted octanol–water partition coefficient (Wildman–Crippen LogP) is 3.32. The van der Waals surface area contributed by atoms with Gasteiger partial charge in [0.1, 0.15) is 11.9 Å². The van der Waals surface area contributed by atoms with E-state index in [0.29, 0.717) is 12.5 Å². The molecule has 4 heteroatoms. The van der Waals surface area contributed by atoms with E-state index in [1.807, 2.05) is 31.2 Å². The van der Waals surface area contributed by atoms with Crippen molar-refractivity contribution in [3.63, 3.8) is 0 Å². The van der Waals surface area contributed by atoms with Crippen molar-refractivity contribution in [1.29, 1.82) is 0 Å². The Morgan fingerprint density at radius 2 is 2.00 bits per heavy atom. The first-order valence-corrected chi connectivity index (χ1v) is 6.13. The van der Waals surface area contributed by atoms with Crippen LogP contribution in [-0.2, 0) is 9.53 Å². The highest BCUT2D eigenvalue weighted by Crippen LogP contribution is 2.20. The van der Waals surface area contributed by atoms with Crippen LogP contribution in [-0.4, -0.2) is 18.5 Å². The quantitative estimate of drug-likeness (QED) is 0.445. The van der Waals surface area contributed by atoms with E-state index in [1.54, 1.807) is 0 Å². The van der Waals surface area contributed by atoms with Gasteiger partial charge in [0.05, 0.1) is 6.61 Å². The monoisotopic (exact) mass is 256 g/mol. The molecule has 94 valence electrons. The minimum Gasteiger partial charge on any atom is -0.494 e. The topological polar surface area (TPSA) is 35.5 Å². The smallest absolute Gasteiger partial charge is 0.303 e. The lowest BCUT2D eigenvalue weighted by molar-refractivity contribution is -0.145. The summed E-state index contributed by atoms with van der Waals surface area (Å²) >= 11 is 5.55. The maximum absolute atomic E-state index is 10.8. The molecule has 1 atom stereocenters. The Kier molecular flexibility index (Phi) is 5.84. The number of carbonyl (C=O) groups is 1. The number of halogens is 1. The number of rotatable bonds is 6. The molecule has 0 saturated heterocycles. The fourth-order valence-electron chi connectivity index (χ4n) is 1.40. The highest BCUT2D eigenvalue weighted by Gasteiger charge is 2.08. The zero-order valence-corrected chi connectivity index (χ0v) is 10.9. The number of alkyl halides is 1. The number of esters is 1. The van der Waals surface area contributed by atoms with E-state index in [-0.39, 0.29) is 12.1 Å². The molecule has 0 aromatic heterocycles. The first kappa shape index (κ1) is 13.8. The highest BCUT2D eigenvalue weighted by atomic mass is 35.5. The van der Waals surface area contributed by atoms with Crippen LogP contribution in [0.5, 0.6) is 5.75 Å². The molecule has 0 amide bonds. The average molecular weight is 257 g/mol. The Morgan fingerprint density at radius 1 is 1.35 bits per heavy atom. The maximum atomic E-state index is 10.8. The molecule has 1 rings (SSSR count). The molecule has 0 aliphatic carbocycles. The minimum atomic E-state index is -0.278. The molecule has 17 heavy (non-hydrogen) atoms. The van der Waals surface area contributed by atoms with Crippen LogP contribution in [0.2, 0.25) is 0 Å². The van der Waals surface area contributed by atoms with Crippen LogP contribution in [0.3, 0.4) is 0 Å². The van der Waals surface area contributed by atoms with E-state index < -0.39 is 0 Å². The lowest BCUT2D eigenvalue weighted by atomic mass is 10.1. The maximum Gasteiger partial charge on any atom is 0.303 e. The first-order chi connectivity index (χ1) is 8.13. The predicted molar refractivity (Wildman–Crippen MR) is 67.5 cm³/mol. The molecule has 1 aromatic carbocycles. The Morgan fingerprint density at radius 3 is 2.53 bits per heavy atom. The van der Waals surface area contributed by atoms with Gasteiger partial charge in [-0.3, -0.25) is 4.79 Å². The summed E-state index contributed by atoms with van der Waals surface area (Å²) in [7, 11) is 0. The van der Waals surface area contributed by atoms with Crippen molar-refractivity contribution in [2.75, 3.05) is 12.5 Å². The van der Waals surface area contributed by atoms with Gasteiger partial charge >= 0.3 is 5.97 Å². The van der Waals surface area contributed by atoms with E-state index in [1.165, 1.54) is 6.92 Å². The van der Waals surface area contributed by atoms with Gasteiger partial charge in [0.15, 0.2) is 0 Å². The molecule has 0 radical (unpaired) electrons. The largest absolute Gasteiger partial charge is 0.494 e. The number of hydrogen-bond donors (Lipinski definition) is 0. The van der Waals surface area contributed by atoms with E-state index in [2.05, 4.69) is 0 Å². The third kappa shape index (κ3) is 5.09. The summed E-state index contributed by atoms with van der Waals surface area (Å²) in [5.41, 5.74) is 0.949. The van der Waals surface area contributed by atoms with Crippen molar-refractivity contribution < 1.29 is 14.3 Å². The number of ether oxygens (including phenoxy) is 2. The van der Waals surface area contributed by atoms with Crippen molar-refractivity contribution >= 4 is 17.6 Å². The van der Waals surface area contributed by atoms with Gasteiger partial charge in [-0.2, -0.15) is 0 Å². The molecule has 0 heterocycles. The fourth-order valence-corrected chi connectivity index (χ4v) is 1.51. The first-order valence-electron chi connectivity index (χ1n) is 5.59. The Hall–Kier alpha value is -1.22. The molecular weight excluding hydrogens is 240 g/mol. The van der Waals surface area contributed by atoms with Crippen molar-refractivity contribution in [2.24, 2.45) is 0 Å². The number of carbonyl (C=O) groups excluding carboxylic acids is 1. The van der Waals surface area contributed by atoms with Gasteiger partial charge in [-0.05, 0) is 31.0 Å². The second-order valence-electron chi connectivity index (χ2n) is 3.71. The Labute approximate surface area is 107 Å². The van der Waals surface area contributed by atoms with Gasteiger partial charge in [0, 0.05) is 12.8 Å². The second kappa shape index (κ2) is 7.17. The van der Waals surface area contributed by atoms with E-state index in [9.17, 15) is 4.79 Å². The summed E-state index contributed by atoms with van der Waals surface area (Å²) in [6.45, 7) is 3.85. The fraction of sp³-hybridized carbons (Fsp3) is 0.462.